The van der Waals surface area contributed by atoms with E-state index in [1.165, 1.54) is 4.90 Å². The van der Waals surface area contributed by atoms with Crippen LogP contribution in [0.5, 0.6) is 0 Å². The topological polar surface area (TPSA) is 127 Å². The van der Waals surface area contributed by atoms with Crippen LogP contribution in [0.25, 0.3) is 11.0 Å². The van der Waals surface area contributed by atoms with Crippen LogP contribution >= 0.6 is 0 Å². The highest BCUT2D eigenvalue weighted by atomic mass is 16.6. The van der Waals surface area contributed by atoms with E-state index in [0.717, 1.165) is 5.52 Å². The first-order chi connectivity index (χ1) is 19.3. The number of allylic oxidation sites excluding steroid dienone is 1. The molecule has 0 aliphatic carbocycles. The number of hydrogen-bond acceptors (Lipinski definition) is 8. The number of esters is 1. The number of amides is 2. The molecule has 1 spiro atoms. The largest absolute Gasteiger partial charge is 0.465 e. The number of hydrogen-bond donors (Lipinski definition) is 1. The van der Waals surface area contributed by atoms with Gasteiger partial charge in [0, 0.05) is 19.7 Å². The van der Waals surface area contributed by atoms with Gasteiger partial charge in [-0.05, 0) is 51.2 Å². The molecule has 2 bridgehead atoms. The van der Waals surface area contributed by atoms with Gasteiger partial charge >= 0.3 is 5.97 Å². The first-order valence-electron chi connectivity index (χ1n) is 13.9. The van der Waals surface area contributed by atoms with Gasteiger partial charge in [0.25, 0.3) is 0 Å². The minimum absolute atomic E-state index is 0.0939. The number of fused-ring (bicyclic) bond motifs is 2. The van der Waals surface area contributed by atoms with Crippen LogP contribution in [0.3, 0.4) is 0 Å². The van der Waals surface area contributed by atoms with Crippen molar-refractivity contribution in [1.29, 1.82) is 0 Å². The van der Waals surface area contributed by atoms with E-state index in [-0.39, 0.29) is 44.8 Å². The first-order valence-corrected chi connectivity index (χ1v) is 13.9. The summed E-state index contributed by atoms with van der Waals surface area (Å²) in [6.07, 6.45) is 6.01. The third-order valence-corrected chi connectivity index (χ3v) is 8.50. The van der Waals surface area contributed by atoms with Crippen LogP contribution in [0, 0.1) is 11.8 Å². The number of ether oxygens (including phenoxy) is 2. The number of carbonyl (C=O) groups excluding carboxylic acids is 3. The number of likely N-dealkylation sites (tertiary alicyclic amines) is 1. The number of aromatic nitrogens is 3. The molecule has 1 aromatic heterocycles. The molecule has 5 atom stereocenters. The van der Waals surface area contributed by atoms with E-state index in [0.29, 0.717) is 37.6 Å². The zero-order chi connectivity index (χ0) is 28.5. The zero-order valence-electron chi connectivity index (χ0n) is 22.9. The Morgan fingerprint density at radius 3 is 2.80 bits per heavy atom. The maximum Gasteiger partial charge on any atom is 0.312 e. The summed E-state index contributed by atoms with van der Waals surface area (Å²) in [4.78, 5) is 44.9. The van der Waals surface area contributed by atoms with Gasteiger partial charge in [0.15, 0.2) is 0 Å². The molecule has 3 saturated heterocycles. The molecule has 11 nitrogen and oxygen atoms in total. The summed E-state index contributed by atoms with van der Waals surface area (Å²) in [7, 11) is 0. The second-order valence-corrected chi connectivity index (χ2v) is 11.0. The number of carbonyl (C=O) groups is 3. The lowest BCUT2D eigenvalue weighted by Gasteiger charge is -2.36. The molecule has 11 heteroatoms. The monoisotopic (exact) mass is 551 g/mol. The van der Waals surface area contributed by atoms with Crippen LogP contribution in [0.1, 0.15) is 39.0 Å². The number of rotatable bonds is 13. The standard InChI is InChI=1S/C29H37N5O6/c1-4-6-9-18-39-27(38)23-22-25(36)33(16-10-17-35)24(29(22)14-13-28(23,3)40-29)26(37)32(15-5-2)19-34-21-12-8-7-11-20(21)30-31-34/h4-5,7-8,11-12,22-24,35H,1-2,6,9-10,13-19H2,3H3/t22-,23+,24?,28-,29?/m0/s1. The highest BCUT2D eigenvalue weighted by Crippen LogP contribution is 2.63. The Morgan fingerprint density at radius 1 is 1.25 bits per heavy atom. The van der Waals surface area contributed by atoms with Crippen molar-refractivity contribution in [2.75, 3.05) is 26.3 Å². The Bertz CT molecular complexity index is 1310. The SMILES string of the molecule is C=CCCCOC(=O)[C@H]1[C@H]2C(=O)N(CCCO)C(C(=O)N(CC=C)Cn3nnc4ccccc43)C23CC[C@]1(C)O3. The summed E-state index contributed by atoms with van der Waals surface area (Å²) in [5.41, 5.74) is -0.617. The summed E-state index contributed by atoms with van der Waals surface area (Å²) in [6, 6.07) is 6.50. The molecular formula is C29H37N5O6. The summed E-state index contributed by atoms with van der Waals surface area (Å²) in [5.74, 6) is -2.77. The Labute approximate surface area is 233 Å². The van der Waals surface area contributed by atoms with Crippen LogP contribution in [-0.2, 0) is 30.5 Å². The van der Waals surface area contributed by atoms with E-state index in [1.54, 1.807) is 21.7 Å². The van der Waals surface area contributed by atoms with Crippen molar-refractivity contribution in [1.82, 2.24) is 24.8 Å². The third-order valence-electron chi connectivity index (χ3n) is 8.50. The lowest BCUT2D eigenvalue weighted by molar-refractivity contribution is -0.160. The maximum atomic E-state index is 14.4. The summed E-state index contributed by atoms with van der Waals surface area (Å²) >= 11 is 0. The Balaban J connectivity index is 1.48. The lowest BCUT2D eigenvalue weighted by Crippen LogP contribution is -2.56. The van der Waals surface area contributed by atoms with Crippen LogP contribution < -0.4 is 0 Å². The molecule has 2 amide bonds. The smallest absolute Gasteiger partial charge is 0.312 e. The van der Waals surface area contributed by atoms with E-state index < -0.39 is 35.0 Å². The van der Waals surface area contributed by atoms with Crippen LogP contribution in [0.2, 0.25) is 0 Å². The molecule has 0 radical (unpaired) electrons. The minimum Gasteiger partial charge on any atom is -0.465 e. The minimum atomic E-state index is -1.17. The Hall–Kier alpha value is -3.57. The van der Waals surface area contributed by atoms with Crippen molar-refractivity contribution < 1.29 is 29.0 Å². The van der Waals surface area contributed by atoms with Gasteiger partial charge < -0.3 is 24.4 Å². The van der Waals surface area contributed by atoms with E-state index in [1.807, 2.05) is 31.2 Å². The molecule has 2 unspecified atom stereocenters. The number of aliphatic hydroxyl groups excluding tert-OH is 1. The number of nitrogens with zero attached hydrogens (tertiary/aromatic N) is 5. The van der Waals surface area contributed by atoms with Crippen molar-refractivity contribution in [3.05, 3.63) is 49.6 Å². The molecule has 0 saturated carbocycles. The fourth-order valence-electron chi connectivity index (χ4n) is 6.76. The molecule has 3 fully saturated rings. The second kappa shape index (κ2) is 11.1. The molecule has 214 valence electrons. The number of para-hydroxylation sites is 1. The van der Waals surface area contributed by atoms with Crippen LogP contribution in [0.15, 0.2) is 49.6 Å². The van der Waals surface area contributed by atoms with E-state index in [2.05, 4.69) is 23.5 Å². The number of unbranched alkanes of at least 4 members (excludes halogenated alkanes) is 1. The summed E-state index contributed by atoms with van der Waals surface area (Å²) < 4.78 is 13.9. The molecule has 4 heterocycles. The number of aliphatic hydroxyl groups is 1. The van der Waals surface area contributed by atoms with Crippen molar-refractivity contribution in [2.45, 2.75) is 62.9 Å². The van der Waals surface area contributed by atoms with Gasteiger partial charge in [-0.1, -0.05) is 29.5 Å². The summed E-state index contributed by atoms with van der Waals surface area (Å²) in [6.45, 7) is 9.91. The molecule has 40 heavy (non-hydrogen) atoms. The van der Waals surface area contributed by atoms with Gasteiger partial charge in [0.2, 0.25) is 11.8 Å². The van der Waals surface area contributed by atoms with Gasteiger partial charge in [-0.2, -0.15) is 0 Å². The molecule has 3 aliphatic rings. The van der Waals surface area contributed by atoms with Crippen LogP contribution in [0.4, 0.5) is 0 Å². The molecular weight excluding hydrogens is 514 g/mol. The van der Waals surface area contributed by atoms with Crippen LogP contribution in [-0.4, -0.2) is 91.2 Å². The first kappa shape index (κ1) is 28.0. The predicted molar refractivity (Wildman–Crippen MR) is 145 cm³/mol. The van der Waals surface area contributed by atoms with Gasteiger partial charge in [-0.15, -0.1) is 18.3 Å². The Morgan fingerprint density at radius 2 is 2.05 bits per heavy atom. The molecule has 1 N–H and O–H groups in total. The maximum absolute atomic E-state index is 14.4. The molecule has 3 aliphatic heterocycles. The van der Waals surface area contributed by atoms with Crippen molar-refractivity contribution in [2.24, 2.45) is 11.8 Å². The Kier molecular flexibility index (Phi) is 7.78. The molecule has 1 aromatic carbocycles. The lowest BCUT2D eigenvalue weighted by atomic mass is 9.66. The van der Waals surface area contributed by atoms with E-state index >= 15 is 0 Å². The van der Waals surface area contributed by atoms with Crippen molar-refractivity contribution in [3.63, 3.8) is 0 Å². The second-order valence-electron chi connectivity index (χ2n) is 11.0. The van der Waals surface area contributed by atoms with E-state index in [9.17, 15) is 19.5 Å². The van der Waals surface area contributed by atoms with Gasteiger partial charge in [-0.3, -0.25) is 14.4 Å². The van der Waals surface area contributed by atoms with Crippen molar-refractivity contribution >= 4 is 28.8 Å². The highest BCUT2D eigenvalue weighted by molar-refractivity contribution is 5.98. The fraction of sp³-hybridized carbons (Fsp3) is 0.552. The predicted octanol–water partition coefficient (Wildman–Crippen LogP) is 2.06. The number of benzene rings is 1. The quantitative estimate of drug-likeness (QED) is 0.228. The average Bonchev–Trinajstić information content (AvgIpc) is 3.65. The van der Waals surface area contributed by atoms with Crippen molar-refractivity contribution in [3.8, 4) is 0 Å². The van der Waals surface area contributed by atoms with Gasteiger partial charge in [0.05, 0.1) is 23.6 Å². The molecule has 5 rings (SSSR count). The zero-order valence-corrected chi connectivity index (χ0v) is 22.9. The molecule has 2 aromatic rings. The summed E-state index contributed by atoms with van der Waals surface area (Å²) in [5, 5.41) is 18.0. The van der Waals surface area contributed by atoms with Gasteiger partial charge in [-0.25, -0.2) is 4.68 Å². The third kappa shape index (κ3) is 4.50. The average molecular weight is 552 g/mol. The fourth-order valence-corrected chi connectivity index (χ4v) is 6.76. The van der Waals surface area contributed by atoms with Gasteiger partial charge in [0.1, 0.15) is 29.7 Å². The highest BCUT2D eigenvalue weighted by Gasteiger charge is 2.78. The van der Waals surface area contributed by atoms with E-state index in [4.69, 9.17) is 9.47 Å². The normalized spacial score (nSPS) is 28.6.